The Morgan fingerprint density at radius 3 is 2.37 bits per heavy atom. The zero-order valence-corrected chi connectivity index (χ0v) is 17.4. The summed E-state index contributed by atoms with van der Waals surface area (Å²) < 4.78 is 62.7. The van der Waals surface area contributed by atoms with Crippen molar-refractivity contribution in [2.45, 2.75) is 70.6 Å². The van der Waals surface area contributed by atoms with Gasteiger partial charge in [0.15, 0.2) is 23.1 Å². The highest BCUT2D eigenvalue weighted by Gasteiger charge is 2.31. The van der Waals surface area contributed by atoms with Crippen LogP contribution in [0.25, 0.3) is 0 Å². The first-order valence-electron chi connectivity index (χ1n) is 11.1. The van der Waals surface area contributed by atoms with Gasteiger partial charge in [-0.05, 0) is 74.0 Å². The van der Waals surface area contributed by atoms with Gasteiger partial charge in [-0.1, -0.05) is 25.5 Å². The molecule has 2 aliphatic rings. The average Bonchev–Trinajstić information content (AvgIpc) is 2.76. The molecule has 0 saturated heterocycles. The highest BCUT2D eigenvalue weighted by molar-refractivity contribution is 5.54. The zero-order valence-electron chi connectivity index (χ0n) is 17.4. The molecule has 0 spiro atoms. The van der Waals surface area contributed by atoms with E-state index in [1.165, 1.54) is 0 Å². The van der Waals surface area contributed by atoms with E-state index in [4.69, 9.17) is 4.74 Å². The van der Waals surface area contributed by atoms with E-state index >= 15 is 0 Å². The first kappa shape index (κ1) is 21.2. The standard InChI is InChI=1S/C25H28F4O/c1-2-4-17-10-11-18-13-19-14-20(16-8-6-15(7-9-16)5-3-12-26)22(28)23(29)25(19)30-24(18)21(17)27/h10-11,14-16H,2-9,12-13H2,1H3. The van der Waals surface area contributed by atoms with Gasteiger partial charge in [0.2, 0.25) is 5.82 Å². The predicted octanol–water partition coefficient (Wildman–Crippen LogP) is 7.78. The molecule has 1 nitrogen and oxygen atoms in total. The zero-order chi connectivity index (χ0) is 21.3. The molecule has 2 aromatic rings. The molecule has 1 aliphatic heterocycles. The van der Waals surface area contributed by atoms with Crippen molar-refractivity contribution in [3.63, 3.8) is 0 Å². The van der Waals surface area contributed by atoms with Gasteiger partial charge in [0, 0.05) is 17.5 Å². The fourth-order valence-corrected chi connectivity index (χ4v) is 5.01. The fraction of sp³-hybridized carbons (Fsp3) is 0.520. The van der Waals surface area contributed by atoms with E-state index in [1.807, 2.05) is 13.0 Å². The van der Waals surface area contributed by atoms with Crippen LogP contribution in [0.1, 0.15) is 80.0 Å². The third kappa shape index (κ3) is 3.95. The van der Waals surface area contributed by atoms with Crippen molar-refractivity contribution in [3.05, 3.63) is 57.9 Å². The minimum atomic E-state index is -1.02. The molecule has 0 atom stereocenters. The molecule has 0 unspecified atom stereocenters. The first-order valence-corrected chi connectivity index (χ1v) is 11.1. The van der Waals surface area contributed by atoms with Gasteiger partial charge in [0.25, 0.3) is 0 Å². The number of halogens is 4. The number of aryl methyl sites for hydroxylation is 1. The Hall–Kier alpha value is -2.04. The van der Waals surface area contributed by atoms with Crippen LogP contribution in [0.2, 0.25) is 0 Å². The summed E-state index contributed by atoms with van der Waals surface area (Å²) in [6.07, 6.45) is 6.49. The highest BCUT2D eigenvalue weighted by Crippen LogP contribution is 2.45. The maximum atomic E-state index is 15.0. The molecule has 1 aliphatic carbocycles. The maximum absolute atomic E-state index is 15.0. The number of rotatable bonds is 6. The van der Waals surface area contributed by atoms with Gasteiger partial charge >= 0.3 is 0 Å². The van der Waals surface area contributed by atoms with E-state index in [2.05, 4.69) is 0 Å². The number of hydrogen-bond donors (Lipinski definition) is 0. The van der Waals surface area contributed by atoms with Crippen LogP contribution in [0.5, 0.6) is 11.5 Å². The molecule has 4 rings (SSSR count). The molecule has 162 valence electrons. The van der Waals surface area contributed by atoms with Gasteiger partial charge in [-0.25, -0.2) is 8.78 Å². The van der Waals surface area contributed by atoms with Gasteiger partial charge in [0.1, 0.15) is 0 Å². The molecule has 30 heavy (non-hydrogen) atoms. The van der Waals surface area contributed by atoms with Crippen LogP contribution in [0.3, 0.4) is 0 Å². The average molecular weight is 420 g/mol. The molecule has 1 fully saturated rings. The van der Waals surface area contributed by atoms with Gasteiger partial charge in [-0.3, -0.25) is 4.39 Å². The van der Waals surface area contributed by atoms with Crippen molar-refractivity contribution < 1.29 is 22.3 Å². The van der Waals surface area contributed by atoms with Crippen molar-refractivity contribution in [1.82, 2.24) is 0 Å². The molecule has 0 aromatic heterocycles. The minimum absolute atomic E-state index is 0.0212. The quantitative estimate of drug-likeness (QED) is 0.370. The van der Waals surface area contributed by atoms with Crippen LogP contribution in [-0.2, 0) is 12.8 Å². The van der Waals surface area contributed by atoms with Crippen molar-refractivity contribution >= 4 is 0 Å². The molecular formula is C25H28F4O. The van der Waals surface area contributed by atoms with Crippen LogP contribution in [0.4, 0.5) is 17.6 Å². The summed E-state index contributed by atoms with van der Waals surface area (Å²) >= 11 is 0. The molecule has 0 amide bonds. The molecule has 0 bridgehead atoms. The summed E-state index contributed by atoms with van der Waals surface area (Å²) in [6.45, 7) is 1.66. The van der Waals surface area contributed by atoms with Crippen LogP contribution < -0.4 is 4.74 Å². The summed E-state index contributed by atoms with van der Waals surface area (Å²) in [6, 6.07) is 5.29. The number of benzene rings is 2. The predicted molar refractivity (Wildman–Crippen MR) is 110 cm³/mol. The molecule has 0 N–H and O–H groups in total. The minimum Gasteiger partial charge on any atom is -0.450 e. The van der Waals surface area contributed by atoms with Crippen LogP contribution in [-0.4, -0.2) is 6.67 Å². The van der Waals surface area contributed by atoms with Gasteiger partial charge in [-0.15, -0.1) is 0 Å². The van der Waals surface area contributed by atoms with Crippen LogP contribution >= 0.6 is 0 Å². The molecule has 1 heterocycles. The molecule has 5 heteroatoms. The van der Waals surface area contributed by atoms with Gasteiger partial charge in [-0.2, -0.15) is 4.39 Å². The third-order valence-corrected chi connectivity index (χ3v) is 6.66. The van der Waals surface area contributed by atoms with E-state index < -0.39 is 17.5 Å². The van der Waals surface area contributed by atoms with E-state index in [1.54, 1.807) is 12.1 Å². The van der Waals surface area contributed by atoms with E-state index in [0.717, 1.165) is 38.5 Å². The molecule has 2 aromatic carbocycles. The maximum Gasteiger partial charge on any atom is 0.201 e. The van der Waals surface area contributed by atoms with Crippen molar-refractivity contribution in [3.8, 4) is 11.5 Å². The van der Waals surface area contributed by atoms with E-state index in [0.29, 0.717) is 47.4 Å². The summed E-state index contributed by atoms with van der Waals surface area (Å²) in [5.74, 6) is -2.12. The monoisotopic (exact) mass is 420 g/mol. The smallest absolute Gasteiger partial charge is 0.201 e. The number of hydrogen-bond acceptors (Lipinski definition) is 1. The summed E-state index contributed by atoms with van der Waals surface area (Å²) in [5.41, 5.74) is 2.15. The van der Waals surface area contributed by atoms with Crippen molar-refractivity contribution in [1.29, 1.82) is 0 Å². The lowest BCUT2D eigenvalue weighted by Gasteiger charge is -2.30. The number of fused-ring (bicyclic) bond motifs is 2. The molecule has 1 saturated carbocycles. The second-order valence-electron chi connectivity index (χ2n) is 8.69. The highest BCUT2D eigenvalue weighted by atomic mass is 19.2. The normalized spacial score (nSPS) is 20.4. The lowest BCUT2D eigenvalue weighted by atomic mass is 9.76. The number of alkyl halides is 1. The Morgan fingerprint density at radius 1 is 0.933 bits per heavy atom. The molecular weight excluding hydrogens is 392 g/mol. The topological polar surface area (TPSA) is 9.23 Å². The Kier molecular flexibility index (Phi) is 6.35. The number of ether oxygens (including phenoxy) is 1. The summed E-state index contributed by atoms with van der Waals surface area (Å²) in [7, 11) is 0. The van der Waals surface area contributed by atoms with Gasteiger partial charge in [0.05, 0.1) is 6.67 Å². The van der Waals surface area contributed by atoms with Crippen LogP contribution in [0, 0.1) is 23.4 Å². The first-order chi connectivity index (χ1) is 14.5. The Morgan fingerprint density at radius 2 is 1.67 bits per heavy atom. The SMILES string of the molecule is CCCc1ccc2c(c1F)Oc1c(cc(C3CCC(CCCF)CC3)c(F)c1F)C2. The second kappa shape index (κ2) is 8.99. The lowest BCUT2D eigenvalue weighted by Crippen LogP contribution is -2.17. The Labute approximate surface area is 175 Å². The Balaban J connectivity index is 1.59. The van der Waals surface area contributed by atoms with Crippen molar-refractivity contribution in [2.75, 3.05) is 6.67 Å². The van der Waals surface area contributed by atoms with Crippen LogP contribution in [0.15, 0.2) is 18.2 Å². The second-order valence-corrected chi connectivity index (χ2v) is 8.69. The lowest BCUT2D eigenvalue weighted by molar-refractivity contribution is 0.288. The van der Waals surface area contributed by atoms with Gasteiger partial charge < -0.3 is 4.74 Å². The molecule has 0 radical (unpaired) electrons. The fourth-order valence-electron chi connectivity index (χ4n) is 5.01. The Bertz CT molecular complexity index is 916. The largest absolute Gasteiger partial charge is 0.450 e. The third-order valence-electron chi connectivity index (χ3n) is 6.66. The van der Waals surface area contributed by atoms with E-state index in [9.17, 15) is 17.6 Å². The van der Waals surface area contributed by atoms with Crippen molar-refractivity contribution in [2.24, 2.45) is 5.92 Å². The summed E-state index contributed by atoms with van der Waals surface area (Å²) in [4.78, 5) is 0. The summed E-state index contributed by atoms with van der Waals surface area (Å²) in [5, 5.41) is 0. The van der Waals surface area contributed by atoms with E-state index in [-0.39, 0.29) is 24.1 Å².